The average Bonchev–Trinajstić information content (AvgIpc) is 2.42. The van der Waals surface area contributed by atoms with Gasteiger partial charge in [0.2, 0.25) is 17.7 Å². The van der Waals surface area contributed by atoms with E-state index in [1.165, 1.54) is 38.1 Å². The van der Waals surface area contributed by atoms with E-state index in [9.17, 15) is 14.4 Å². The third kappa shape index (κ3) is 11.5. The number of rotatable bonds is 3. The fraction of sp³-hybridized carbons (Fsp3) is 0.786. The van der Waals surface area contributed by atoms with Gasteiger partial charge in [-0.15, -0.1) is 0 Å². The molecule has 0 saturated heterocycles. The van der Waals surface area contributed by atoms with Gasteiger partial charge in [-0.3, -0.25) is 14.4 Å². The zero-order valence-electron chi connectivity index (χ0n) is 13.1. The second-order valence-corrected chi connectivity index (χ2v) is 4.58. The van der Waals surface area contributed by atoms with Crippen molar-refractivity contribution in [2.24, 2.45) is 17.4 Å². The number of nitrogens with zero attached hydrogens (tertiary/aromatic N) is 1. The molecule has 0 aromatic carbocycles. The van der Waals surface area contributed by atoms with Crippen molar-refractivity contribution >= 4 is 17.7 Å². The summed E-state index contributed by atoms with van der Waals surface area (Å²) in [6, 6.07) is 0. The SMILES string of the molecule is CC.CC(=O)N(C)CC(N)=O.NC(=O)C1CCCCC1.[HH].[HH]. The Morgan fingerprint density at radius 1 is 1.10 bits per heavy atom. The quantitative estimate of drug-likeness (QED) is 0.823. The molecule has 1 rings (SSSR count). The zero-order chi connectivity index (χ0) is 16.1. The number of hydrogen-bond acceptors (Lipinski definition) is 3. The van der Waals surface area contributed by atoms with Gasteiger partial charge in [0, 0.05) is 22.7 Å². The van der Waals surface area contributed by atoms with E-state index >= 15 is 0 Å². The molecule has 1 fully saturated rings. The predicted octanol–water partition coefficient (Wildman–Crippen LogP) is 1.52. The first kappa shape index (κ1) is 20.7. The summed E-state index contributed by atoms with van der Waals surface area (Å²) in [7, 11) is 1.52. The molecule has 0 spiro atoms. The number of carbonyl (C=O) groups excluding carboxylic acids is 3. The first-order valence-electron chi connectivity index (χ1n) is 7.14. The van der Waals surface area contributed by atoms with Crippen LogP contribution >= 0.6 is 0 Å². The number of nitrogens with two attached hydrogens (primary N) is 2. The molecule has 122 valence electrons. The molecule has 3 amide bonds. The Hall–Kier alpha value is -1.59. The molecule has 0 bridgehead atoms. The van der Waals surface area contributed by atoms with Crippen LogP contribution in [0.25, 0.3) is 0 Å². The first-order chi connectivity index (χ1) is 9.34. The van der Waals surface area contributed by atoms with Crippen LogP contribution in [0.4, 0.5) is 0 Å². The summed E-state index contributed by atoms with van der Waals surface area (Å²) in [6.45, 7) is 5.37. The van der Waals surface area contributed by atoms with Crippen molar-refractivity contribution in [2.75, 3.05) is 13.6 Å². The summed E-state index contributed by atoms with van der Waals surface area (Å²) in [5.74, 6) is -0.560. The summed E-state index contributed by atoms with van der Waals surface area (Å²) in [5.41, 5.74) is 9.93. The largest absolute Gasteiger partial charge is 0.369 e. The van der Waals surface area contributed by atoms with Crippen LogP contribution in [0.15, 0.2) is 0 Å². The fourth-order valence-corrected chi connectivity index (χ4v) is 1.73. The Labute approximate surface area is 124 Å². The van der Waals surface area contributed by atoms with Crippen LogP contribution < -0.4 is 11.5 Å². The fourth-order valence-electron chi connectivity index (χ4n) is 1.73. The van der Waals surface area contributed by atoms with E-state index in [-0.39, 0.29) is 27.1 Å². The average molecular weight is 291 g/mol. The van der Waals surface area contributed by atoms with E-state index in [0.29, 0.717) is 0 Å². The van der Waals surface area contributed by atoms with Gasteiger partial charge in [0.15, 0.2) is 0 Å². The normalized spacial score (nSPS) is 14.0. The van der Waals surface area contributed by atoms with E-state index in [1.54, 1.807) is 0 Å². The van der Waals surface area contributed by atoms with Crippen LogP contribution in [-0.2, 0) is 14.4 Å². The predicted molar refractivity (Wildman–Crippen MR) is 83.9 cm³/mol. The Morgan fingerprint density at radius 2 is 1.55 bits per heavy atom. The zero-order valence-corrected chi connectivity index (χ0v) is 13.1. The van der Waals surface area contributed by atoms with Gasteiger partial charge < -0.3 is 16.4 Å². The molecule has 6 heteroatoms. The lowest BCUT2D eigenvalue weighted by Gasteiger charge is -2.17. The Kier molecular flexibility index (Phi) is 12.9. The number of primary amides is 2. The highest BCUT2D eigenvalue weighted by Crippen LogP contribution is 2.22. The van der Waals surface area contributed by atoms with Gasteiger partial charge in [-0.1, -0.05) is 33.1 Å². The summed E-state index contributed by atoms with van der Waals surface area (Å²) >= 11 is 0. The van der Waals surface area contributed by atoms with Crippen molar-refractivity contribution < 1.29 is 17.2 Å². The lowest BCUT2D eigenvalue weighted by Crippen LogP contribution is -2.33. The van der Waals surface area contributed by atoms with Gasteiger partial charge in [-0.05, 0) is 12.8 Å². The smallest absolute Gasteiger partial charge is 0.237 e. The van der Waals surface area contributed by atoms with Crippen LogP contribution in [0, 0.1) is 5.92 Å². The lowest BCUT2D eigenvalue weighted by molar-refractivity contribution is -0.131. The molecule has 1 aliphatic rings. The van der Waals surface area contributed by atoms with Crippen molar-refractivity contribution in [1.29, 1.82) is 0 Å². The van der Waals surface area contributed by atoms with E-state index in [1.807, 2.05) is 13.8 Å². The topological polar surface area (TPSA) is 106 Å². The van der Waals surface area contributed by atoms with E-state index in [0.717, 1.165) is 12.8 Å². The molecular weight excluding hydrogens is 258 g/mol. The summed E-state index contributed by atoms with van der Waals surface area (Å²) in [5, 5.41) is 0. The van der Waals surface area contributed by atoms with Crippen molar-refractivity contribution in [3.8, 4) is 0 Å². The number of amides is 3. The van der Waals surface area contributed by atoms with Crippen LogP contribution in [0.2, 0.25) is 0 Å². The van der Waals surface area contributed by atoms with Crippen molar-refractivity contribution in [2.45, 2.75) is 52.9 Å². The van der Waals surface area contributed by atoms with Crippen LogP contribution in [0.3, 0.4) is 0 Å². The minimum Gasteiger partial charge on any atom is -0.369 e. The highest BCUT2D eigenvalue weighted by atomic mass is 16.2. The molecule has 0 aromatic rings. The van der Waals surface area contributed by atoms with Gasteiger partial charge in [0.05, 0.1) is 6.54 Å². The van der Waals surface area contributed by atoms with Crippen molar-refractivity contribution in [3.05, 3.63) is 0 Å². The van der Waals surface area contributed by atoms with Crippen molar-refractivity contribution in [3.63, 3.8) is 0 Å². The molecule has 0 radical (unpaired) electrons. The van der Waals surface area contributed by atoms with E-state index < -0.39 is 5.91 Å². The molecule has 6 nitrogen and oxygen atoms in total. The molecule has 1 saturated carbocycles. The second-order valence-electron chi connectivity index (χ2n) is 4.58. The highest BCUT2D eigenvalue weighted by molar-refractivity contribution is 5.82. The molecule has 0 unspecified atom stereocenters. The van der Waals surface area contributed by atoms with Gasteiger partial charge in [-0.25, -0.2) is 0 Å². The molecular formula is C14H33N3O3. The summed E-state index contributed by atoms with van der Waals surface area (Å²) in [6.07, 6.45) is 5.70. The molecule has 0 aliphatic heterocycles. The maximum absolute atomic E-state index is 10.6. The summed E-state index contributed by atoms with van der Waals surface area (Å²) in [4.78, 5) is 32.4. The minimum absolute atomic E-state index is 0. The maximum atomic E-state index is 10.6. The van der Waals surface area contributed by atoms with Gasteiger partial charge in [0.25, 0.3) is 0 Å². The van der Waals surface area contributed by atoms with Crippen LogP contribution in [0.5, 0.6) is 0 Å². The van der Waals surface area contributed by atoms with E-state index in [4.69, 9.17) is 11.5 Å². The molecule has 0 aromatic heterocycles. The van der Waals surface area contributed by atoms with Gasteiger partial charge in [-0.2, -0.15) is 0 Å². The maximum Gasteiger partial charge on any atom is 0.237 e. The van der Waals surface area contributed by atoms with Crippen LogP contribution in [0.1, 0.15) is 55.7 Å². The highest BCUT2D eigenvalue weighted by Gasteiger charge is 2.17. The van der Waals surface area contributed by atoms with Crippen molar-refractivity contribution in [1.82, 2.24) is 4.90 Å². The van der Waals surface area contributed by atoms with Gasteiger partial charge in [0.1, 0.15) is 0 Å². The molecule has 0 atom stereocenters. The third-order valence-corrected chi connectivity index (χ3v) is 2.94. The number of carbonyl (C=O) groups is 3. The Balaban J connectivity index is -0.000000122. The molecule has 1 aliphatic carbocycles. The number of likely N-dealkylation sites (N-methyl/N-ethyl adjacent to an activating group) is 1. The van der Waals surface area contributed by atoms with Gasteiger partial charge >= 0.3 is 0 Å². The van der Waals surface area contributed by atoms with Crippen LogP contribution in [-0.4, -0.2) is 36.2 Å². The Morgan fingerprint density at radius 3 is 1.75 bits per heavy atom. The molecule has 20 heavy (non-hydrogen) atoms. The first-order valence-corrected chi connectivity index (χ1v) is 7.14. The molecule has 4 N–H and O–H groups in total. The second kappa shape index (κ2) is 12.4. The monoisotopic (exact) mass is 291 g/mol. The third-order valence-electron chi connectivity index (χ3n) is 2.94. The molecule has 0 heterocycles. The summed E-state index contributed by atoms with van der Waals surface area (Å²) < 4.78 is 0. The standard InChI is InChI=1S/C7H13NO.C5H10N2O2.C2H6.2H2/c8-7(9)6-4-2-1-3-5-6;1-4(8)7(2)3-5(6)9;1-2;;/h6H,1-5H2,(H2,8,9);3H2,1-2H3,(H2,6,9);1-2H3;2*1H. The number of hydrogen-bond donors (Lipinski definition) is 2. The van der Waals surface area contributed by atoms with E-state index in [2.05, 4.69) is 0 Å². The lowest BCUT2D eigenvalue weighted by atomic mass is 9.89. The Bertz CT molecular complexity index is 310. The minimum atomic E-state index is -0.493.